The van der Waals surface area contributed by atoms with E-state index >= 15 is 0 Å². The third kappa shape index (κ3) is 3.47. The van der Waals surface area contributed by atoms with E-state index in [0.717, 1.165) is 0 Å². The van der Waals surface area contributed by atoms with Gasteiger partial charge < -0.3 is 5.32 Å². The number of hydrogen-bond acceptors (Lipinski definition) is 2. The van der Waals surface area contributed by atoms with Crippen molar-refractivity contribution >= 4 is 22.5 Å². The summed E-state index contributed by atoms with van der Waals surface area (Å²) in [6, 6.07) is 19.4. The Morgan fingerprint density at radius 3 is 2.43 bits per heavy atom. The highest BCUT2D eigenvalue weighted by Gasteiger charge is 2.15. The SMILES string of the molecule is Cc1ccc(NC(=O)c2cc(-c3ccc(F)cc3)nc3ccccc23)cc1F. The number of nitrogens with one attached hydrogen (secondary N) is 1. The van der Waals surface area contributed by atoms with Crippen LogP contribution < -0.4 is 5.32 Å². The molecule has 4 aromatic rings. The molecule has 0 unspecified atom stereocenters. The Labute approximate surface area is 160 Å². The van der Waals surface area contributed by atoms with Crippen molar-refractivity contribution in [2.45, 2.75) is 6.92 Å². The van der Waals surface area contributed by atoms with E-state index in [2.05, 4.69) is 10.3 Å². The van der Waals surface area contributed by atoms with E-state index in [0.29, 0.717) is 39.0 Å². The summed E-state index contributed by atoms with van der Waals surface area (Å²) in [7, 11) is 0. The van der Waals surface area contributed by atoms with Crippen LogP contribution in [-0.4, -0.2) is 10.9 Å². The van der Waals surface area contributed by atoms with Gasteiger partial charge in [-0.1, -0.05) is 24.3 Å². The molecule has 1 N–H and O–H groups in total. The molecular weight excluding hydrogens is 358 g/mol. The number of benzene rings is 3. The summed E-state index contributed by atoms with van der Waals surface area (Å²) in [5, 5.41) is 3.42. The van der Waals surface area contributed by atoms with Crippen molar-refractivity contribution in [1.82, 2.24) is 4.98 Å². The molecule has 4 rings (SSSR count). The summed E-state index contributed by atoms with van der Waals surface area (Å²) >= 11 is 0. The molecule has 0 aliphatic heterocycles. The van der Waals surface area contributed by atoms with Crippen molar-refractivity contribution in [2.75, 3.05) is 5.32 Å². The summed E-state index contributed by atoms with van der Waals surface area (Å²) in [6.07, 6.45) is 0. The predicted octanol–water partition coefficient (Wildman–Crippen LogP) is 5.74. The van der Waals surface area contributed by atoms with Crippen molar-refractivity contribution in [1.29, 1.82) is 0 Å². The second kappa shape index (κ2) is 7.19. The molecule has 0 atom stereocenters. The molecule has 3 aromatic carbocycles. The van der Waals surface area contributed by atoms with Crippen LogP contribution in [0.1, 0.15) is 15.9 Å². The minimum Gasteiger partial charge on any atom is -0.322 e. The summed E-state index contributed by atoms with van der Waals surface area (Å²) < 4.78 is 27.1. The van der Waals surface area contributed by atoms with Crippen LogP contribution in [0.3, 0.4) is 0 Å². The average molecular weight is 374 g/mol. The molecule has 0 spiro atoms. The number of hydrogen-bond donors (Lipinski definition) is 1. The van der Waals surface area contributed by atoms with E-state index in [9.17, 15) is 13.6 Å². The topological polar surface area (TPSA) is 42.0 Å². The van der Waals surface area contributed by atoms with Crippen LogP contribution in [-0.2, 0) is 0 Å². The van der Waals surface area contributed by atoms with Gasteiger partial charge >= 0.3 is 0 Å². The van der Waals surface area contributed by atoms with E-state index in [1.807, 2.05) is 18.2 Å². The van der Waals surface area contributed by atoms with Gasteiger partial charge in [-0.05, 0) is 61.0 Å². The maximum Gasteiger partial charge on any atom is 0.256 e. The zero-order valence-electron chi connectivity index (χ0n) is 15.0. The Bertz CT molecular complexity index is 1190. The molecule has 1 heterocycles. The first kappa shape index (κ1) is 17.8. The molecule has 3 nitrogen and oxygen atoms in total. The van der Waals surface area contributed by atoms with E-state index < -0.39 is 0 Å². The van der Waals surface area contributed by atoms with Crippen LogP contribution in [0.5, 0.6) is 0 Å². The molecule has 0 fully saturated rings. The van der Waals surface area contributed by atoms with Crippen LogP contribution in [0.25, 0.3) is 22.2 Å². The highest BCUT2D eigenvalue weighted by atomic mass is 19.1. The lowest BCUT2D eigenvalue weighted by Gasteiger charge is -2.11. The van der Waals surface area contributed by atoms with Gasteiger partial charge in [-0.2, -0.15) is 0 Å². The number of fused-ring (bicyclic) bond motifs is 1. The maximum absolute atomic E-state index is 13.8. The number of amides is 1. The van der Waals surface area contributed by atoms with Gasteiger partial charge in [-0.15, -0.1) is 0 Å². The molecule has 0 saturated heterocycles. The molecule has 1 amide bonds. The lowest BCUT2D eigenvalue weighted by molar-refractivity contribution is 0.102. The minimum absolute atomic E-state index is 0.344. The van der Waals surface area contributed by atoms with Gasteiger partial charge in [0.15, 0.2) is 0 Å². The lowest BCUT2D eigenvalue weighted by Crippen LogP contribution is -2.13. The normalized spacial score (nSPS) is 10.8. The monoisotopic (exact) mass is 374 g/mol. The first-order chi connectivity index (χ1) is 13.5. The van der Waals surface area contributed by atoms with Crippen molar-refractivity contribution in [3.63, 3.8) is 0 Å². The molecule has 0 aliphatic carbocycles. The Hall–Kier alpha value is -3.60. The number of anilines is 1. The van der Waals surface area contributed by atoms with Crippen molar-refractivity contribution in [2.24, 2.45) is 0 Å². The number of rotatable bonds is 3. The number of halogens is 2. The number of aryl methyl sites for hydroxylation is 1. The third-order valence-electron chi connectivity index (χ3n) is 4.53. The Morgan fingerprint density at radius 1 is 0.929 bits per heavy atom. The van der Waals surface area contributed by atoms with Crippen LogP contribution in [0.4, 0.5) is 14.5 Å². The highest BCUT2D eigenvalue weighted by molar-refractivity contribution is 6.13. The smallest absolute Gasteiger partial charge is 0.256 e. The molecular formula is C23H16F2N2O. The molecule has 5 heteroatoms. The van der Waals surface area contributed by atoms with Crippen LogP contribution in [0.2, 0.25) is 0 Å². The van der Waals surface area contributed by atoms with Gasteiger partial charge in [-0.3, -0.25) is 4.79 Å². The minimum atomic E-state index is -0.385. The van der Waals surface area contributed by atoms with Crippen LogP contribution in [0, 0.1) is 18.6 Å². The van der Waals surface area contributed by atoms with Crippen molar-refractivity contribution in [3.05, 3.63) is 95.6 Å². The van der Waals surface area contributed by atoms with E-state index in [1.165, 1.54) is 18.2 Å². The van der Waals surface area contributed by atoms with E-state index in [4.69, 9.17) is 0 Å². The second-order valence-corrected chi connectivity index (χ2v) is 6.50. The largest absolute Gasteiger partial charge is 0.322 e. The lowest BCUT2D eigenvalue weighted by atomic mass is 10.0. The van der Waals surface area contributed by atoms with E-state index in [1.54, 1.807) is 43.3 Å². The van der Waals surface area contributed by atoms with E-state index in [-0.39, 0.29) is 17.5 Å². The average Bonchev–Trinajstić information content (AvgIpc) is 2.70. The molecule has 0 radical (unpaired) electrons. The third-order valence-corrected chi connectivity index (χ3v) is 4.53. The number of pyridine rings is 1. The standard InChI is InChI=1S/C23H16F2N2O/c1-14-6-11-17(12-20(14)25)26-23(28)19-13-22(15-7-9-16(24)10-8-15)27-21-5-3-2-4-18(19)21/h2-13H,1H3,(H,26,28). The molecule has 0 aliphatic rings. The van der Waals surface area contributed by atoms with Gasteiger partial charge in [0.05, 0.1) is 16.8 Å². The van der Waals surface area contributed by atoms with Crippen LogP contribution >= 0.6 is 0 Å². The fourth-order valence-electron chi connectivity index (χ4n) is 3.00. The summed E-state index contributed by atoms with van der Waals surface area (Å²) in [5.41, 5.74) is 3.18. The summed E-state index contributed by atoms with van der Waals surface area (Å²) in [6.45, 7) is 1.66. The zero-order valence-corrected chi connectivity index (χ0v) is 15.0. The fourth-order valence-corrected chi connectivity index (χ4v) is 3.00. The molecule has 0 saturated carbocycles. The quantitative estimate of drug-likeness (QED) is 0.497. The summed E-state index contributed by atoms with van der Waals surface area (Å²) in [5.74, 6) is -1.10. The number of nitrogens with zero attached hydrogens (tertiary/aromatic N) is 1. The number of aromatic nitrogens is 1. The van der Waals surface area contributed by atoms with Crippen molar-refractivity contribution < 1.29 is 13.6 Å². The van der Waals surface area contributed by atoms with Gasteiger partial charge in [0.25, 0.3) is 5.91 Å². The molecule has 0 bridgehead atoms. The number of carbonyl (C=O) groups is 1. The number of para-hydroxylation sites is 1. The maximum atomic E-state index is 13.8. The highest BCUT2D eigenvalue weighted by Crippen LogP contribution is 2.26. The van der Waals surface area contributed by atoms with Crippen LogP contribution in [0.15, 0.2) is 72.8 Å². The Kier molecular flexibility index (Phi) is 4.57. The second-order valence-electron chi connectivity index (χ2n) is 6.50. The van der Waals surface area contributed by atoms with Gasteiger partial charge in [-0.25, -0.2) is 13.8 Å². The van der Waals surface area contributed by atoms with Gasteiger partial charge in [0, 0.05) is 16.6 Å². The molecule has 28 heavy (non-hydrogen) atoms. The Balaban J connectivity index is 1.79. The summed E-state index contributed by atoms with van der Waals surface area (Å²) in [4.78, 5) is 17.5. The first-order valence-electron chi connectivity index (χ1n) is 8.74. The Morgan fingerprint density at radius 2 is 1.68 bits per heavy atom. The fraction of sp³-hybridized carbons (Fsp3) is 0.0435. The number of carbonyl (C=O) groups excluding carboxylic acids is 1. The molecule has 1 aromatic heterocycles. The van der Waals surface area contributed by atoms with Gasteiger partial charge in [0.1, 0.15) is 11.6 Å². The molecule has 138 valence electrons. The first-order valence-corrected chi connectivity index (χ1v) is 8.74. The van der Waals surface area contributed by atoms with Crippen molar-refractivity contribution in [3.8, 4) is 11.3 Å². The zero-order chi connectivity index (χ0) is 19.7. The van der Waals surface area contributed by atoms with Gasteiger partial charge in [0.2, 0.25) is 0 Å². The predicted molar refractivity (Wildman–Crippen MR) is 106 cm³/mol.